The molecule has 4 aromatic carbocycles. The molecule has 2 amide bonds. The molecule has 7 nitrogen and oxygen atoms in total. The number of hydrogen-bond donors (Lipinski definition) is 1. The minimum Gasteiger partial charge on any atom is -0.352 e. The van der Waals surface area contributed by atoms with Crippen molar-refractivity contribution in [2.45, 2.75) is 57.1 Å². The molecule has 2 atom stereocenters. The number of halogens is 1. The molecule has 230 valence electrons. The molecule has 0 aliphatic heterocycles. The van der Waals surface area contributed by atoms with Gasteiger partial charge in [-0.3, -0.25) is 13.9 Å². The number of carbonyl (C=O) groups excluding carboxylic acids is 2. The van der Waals surface area contributed by atoms with Gasteiger partial charge in [-0.1, -0.05) is 79.7 Å². The molecule has 0 aliphatic carbocycles. The van der Waals surface area contributed by atoms with Crippen LogP contribution in [-0.2, 0) is 32.6 Å². The minimum atomic E-state index is -4.29. The van der Waals surface area contributed by atoms with E-state index in [0.717, 1.165) is 33.1 Å². The van der Waals surface area contributed by atoms with Crippen LogP contribution in [0.25, 0.3) is 0 Å². The number of nitrogens with one attached hydrogen (secondary N) is 1. The van der Waals surface area contributed by atoms with Gasteiger partial charge in [-0.2, -0.15) is 0 Å². The highest BCUT2D eigenvalue weighted by atomic mass is 32.2. The zero-order chi connectivity index (χ0) is 31.7. The Labute approximate surface area is 259 Å². The number of carbonyl (C=O) groups is 2. The van der Waals surface area contributed by atoms with Crippen LogP contribution >= 0.6 is 0 Å². The maximum Gasteiger partial charge on any atom is 0.264 e. The molecule has 1 N–H and O–H groups in total. The number of rotatable bonds is 13. The van der Waals surface area contributed by atoms with E-state index < -0.39 is 34.3 Å². The lowest BCUT2D eigenvalue weighted by atomic mass is 10.0. The Morgan fingerprint density at radius 1 is 0.841 bits per heavy atom. The lowest BCUT2D eigenvalue weighted by molar-refractivity contribution is -0.140. The van der Waals surface area contributed by atoms with E-state index in [2.05, 4.69) is 5.32 Å². The van der Waals surface area contributed by atoms with E-state index in [1.165, 1.54) is 17.0 Å². The first-order valence-corrected chi connectivity index (χ1v) is 16.1. The summed E-state index contributed by atoms with van der Waals surface area (Å²) >= 11 is 0. The molecule has 0 unspecified atom stereocenters. The van der Waals surface area contributed by atoms with E-state index in [-0.39, 0.29) is 35.5 Å². The summed E-state index contributed by atoms with van der Waals surface area (Å²) in [5.74, 6) is -1.45. The molecule has 4 rings (SSSR count). The Bertz CT molecular complexity index is 1650. The van der Waals surface area contributed by atoms with Crippen molar-refractivity contribution in [3.05, 3.63) is 132 Å². The first kappa shape index (κ1) is 32.4. The van der Waals surface area contributed by atoms with Crippen molar-refractivity contribution in [1.29, 1.82) is 0 Å². The van der Waals surface area contributed by atoms with E-state index >= 15 is 0 Å². The van der Waals surface area contributed by atoms with Crippen LogP contribution in [0.4, 0.5) is 10.1 Å². The molecule has 0 radical (unpaired) electrons. The summed E-state index contributed by atoms with van der Waals surface area (Å²) in [6.45, 7) is 5.31. The molecule has 0 spiro atoms. The maximum atomic E-state index is 14.4. The second-order valence-corrected chi connectivity index (χ2v) is 12.6. The number of sulfonamides is 1. The minimum absolute atomic E-state index is 0.0934. The van der Waals surface area contributed by atoms with Gasteiger partial charge in [-0.05, 0) is 73.4 Å². The van der Waals surface area contributed by atoms with Gasteiger partial charge >= 0.3 is 0 Å². The predicted molar refractivity (Wildman–Crippen MR) is 171 cm³/mol. The van der Waals surface area contributed by atoms with E-state index in [0.29, 0.717) is 6.42 Å². The molecule has 9 heteroatoms. The van der Waals surface area contributed by atoms with Crippen LogP contribution in [0, 0.1) is 12.7 Å². The van der Waals surface area contributed by atoms with Crippen LogP contribution < -0.4 is 9.62 Å². The Balaban J connectivity index is 1.80. The van der Waals surface area contributed by atoms with Gasteiger partial charge in [0, 0.05) is 19.0 Å². The average Bonchev–Trinajstić information content (AvgIpc) is 3.03. The highest BCUT2D eigenvalue weighted by molar-refractivity contribution is 7.92. The van der Waals surface area contributed by atoms with E-state index in [9.17, 15) is 22.4 Å². The van der Waals surface area contributed by atoms with Gasteiger partial charge in [-0.25, -0.2) is 12.8 Å². The quantitative estimate of drug-likeness (QED) is 0.203. The number of hydrogen-bond acceptors (Lipinski definition) is 4. The van der Waals surface area contributed by atoms with Crippen molar-refractivity contribution in [2.75, 3.05) is 10.8 Å². The van der Waals surface area contributed by atoms with Crippen LogP contribution in [0.2, 0.25) is 0 Å². The average molecular weight is 616 g/mol. The summed E-state index contributed by atoms with van der Waals surface area (Å²) < 4.78 is 42.6. The zero-order valence-electron chi connectivity index (χ0n) is 25.2. The Hall–Kier alpha value is -4.50. The molecular weight excluding hydrogens is 577 g/mol. The third-order valence-electron chi connectivity index (χ3n) is 7.60. The van der Waals surface area contributed by atoms with Gasteiger partial charge in [-0.15, -0.1) is 0 Å². The van der Waals surface area contributed by atoms with Crippen LogP contribution in [-0.4, -0.2) is 43.8 Å². The molecule has 0 aromatic heterocycles. The third-order valence-corrected chi connectivity index (χ3v) is 9.39. The molecule has 0 saturated carbocycles. The second-order valence-electron chi connectivity index (χ2n) is 10.8. The fraction of sp³-hybridized carbons (Fsp3) is 0.257. The van der Waals surface area contributed by atoms with Gasteiger partial charge < -0.3 is 10.2 Å². The predicted octanol–water partition coefficient (Wildman–Crippen LogP) is 5.88. The molecule has 0 heterocycles. The fourth-order valence-corrected chi connectivity index (χ4v) is 6.24. The number of para-hydroxylation sites is 1. The Morgan fingerprint density at radius 3 is 2.05 bits per heavy atom. The Morgan fingerprint density at radius 2 is 1.43 bits per heavy atom. The van der Waals surface area contributed by atoms with Crippen LogP contribution in [0.5, 0.6) is 0 Å². The fourth-order valence-electron chi connectivity index (χ4n) is 4.82. The lowest BCUT2D eigenvalue weighted by Gasteiger charge is -2.34. The van der Waals surface area contributed by atoms with E-state index in [1.54, 1.807) is 30.3 Å². The maximum absolute atomic E-state index is 14.4. The standard InChI is InChI=1S/C35H38FN3O4S/c1-4-27(3)37-35(41)33(23-28-14-7-5-8-15-28)38(24-29-16-12-11-13-26(29)2)34(40)25-39(31-17-9-6-10-18-31)44(42,43)32-21-19-30(36)20-22-32/h5-22,27,33H,4,23-25H2,1-3H3,(H,37,41)/t27-,33-/m0/s1. The van der Waals surface area contributed by atoms with Crippen molar-refractivity contribution < 1.29 is 22.4 Å². The number of amides is 2. The molecule has 0 aliphatic rings. The largest absolute Gasteiger partial charge is 0.352 e. The molecule has 0 fully saturated rings. The smallest absolute Gasteiger partial charge is 0.264 e. The van der Waals surface area contributed by atoms with Crippen molar-refractivity contribution in [1.82, 2.24) is 10.2 Å². The summed E-state index contributed by atoms with van der Waals surface area (Å²) in [4.78, 5) is 29.6. The third kappa shape index (κ3) is 8.11. The first-order chi connectivity index (χ1) is 21.1. The summed E-state index contributed by atoms with van der Waals surface area (Å²) in [6.07, 6.45) is 0.935. The van der Waals surface area contributed by atoms with Gasteiger partial charge in [0.1, 0.15) is 18.4 Å². The second kappa shape index (κ2) is 14.8. The molecule has 0 saturated heterocycles. The summed E-state index contributed by atoms with van der Waals surface area (Å²) in [7, 11) is -4.29. The number of aryl methyl sites for hydroxylation is 1. The highest BCUT2D eigenvalue weighted by Gasteiger charge is 2.35. The summed E-state index contributed by atoms with van der Waals surface area (Å²) in [6, 6.07) is 28.7. The number of benzene rings is 4. The van der Waals surface area contributed by atoms with Crippen molar-refractivity contribution >= 4 is 27.5 Å². The molecular formula is C35H38FN3O4S. The van der Waals surface area contributed by atoms with Gasteiger partial charge in [0.2, 0.25) is 11.8 Å². The summed E-state index contributed by atoms with van der Waals surface area (Å²) in [5, 5.41) is 3.03. The van der Waals surface area contributed by atoms with Crippen molar-refractivity contribution in [3.63, 3.8) is 0 Å². The van der Waals surface area contributed by atoms with Gasteiger partial charge in [0.25, 0.3) is 10.0 Å². The van der Waals surface area contributed by atoms with Crippen molar-refractivity contribution in [3.8, 4) is 0 Å². The topological polar surface area (TPSA) is 86.8 Å². The summed E-state index contributed by atoms with van der Waals surface area (Å²) in [5.41, 5.74) is 2.90. The van der Waals surface area contributed by atoms with Crippen LogP contribution in [0.15, 0.2) is 114 Å². The first-order valence-electron chi connectivity index (χ1n) is 14.6. The molecule has 0 bridgehead atoms. The lowest BCUT2D eigenvalue weighted by Crippen LogP contribution is -2.54. The van der Waals surface area contributed by atoms with Crippen LogP contribution in [0.1, 0.15) is 37.0 Å². The molecule has 44 heavy (non-hydrogen) atoms. The number of nitrogens with zero attached hydrogens (tertiary/aromatic N) is 2. The van der Waals surface area contributed by atoms with Gasteiger partial charge in [0.05, 0.1) is 10.6 Å². The SMILES string of the molecule is CC[C@H](C)NC(=O)[C@H](Cc1ccccc1)N(Cc1ccccc1C)C(=O)CN(c1ccccc1)S(=O)(=O)c1ccc(F)cc1. The van der Waals surface area contributed by atoms with E-state index in [4.69, 9.17) is 0 Å². The normalized spacial score (nSPS) is 12.6. The Kier molecular flexibility index (Phi) is 10.9. The monoisotopic (exact) mass is 615 g/mol. The highest BCUT2D eigenvalue weighted by Crippen LogP contribution is 2.25. The van der Waals surface area contributed by atoms with E-state index in [1.807, 2.05) is 75.4 Å². The van der Waals surface area contributed by atoms with Crippen LogP contribution in [0.3, 0.4) is 0 Å². The van der Waals surface area contributed by atoms with Crippen molar-refractivity contribution in [2.24, 2.45) is 0 Å². The zero-order valence-corrected chi connectivity index (χ0v) is 26.0. The molecule has 4 aromatic rings. The van der Waals surface area contributed by atoms with Gasteiger partial charge in [0.15, 0.2) is 0 Å². The number of anilines is 1.